The maximum absolute atomic E-state index is 12.8. The number of piperazine rings is 1. The molecule has 0 aromatic heterocycles. The first kappa shape index (κ1) is 19.6. The molecule has 4 rings (SSSR count). The summed E-state index contributed by atoms with van der Waals surface area (Å²) in [4.78, 5) is 19.5. The van der Waals surface area contributed by atoms with Crippen LogP contribution in [0.1, 0.15) is 24.8 Å². The number of benzene rings is 2. The van der Waals surface area contributed by atoms with Gasteiger partial charge in [-0.25, -0.2) is 0 Å². The number of ether oxygens (including phenoxy) is 1. The Morgan fingerprint density at radius 1 is 0.828 bits per heavy atom. The van der Waals surface area contributed by atoms with E-state index in [1.807, 2.05) is 23.1 Å². The van der Waals surface area contributed by atoms with Crippen LogP contribution in [0, 0.1) is 0 Å². The van der Waals surface area contributed by atoms with Crippen LogP contribution in [0.2, 0.25) is 0 Å². The second-order valence-electron chi connectivity index (χ2n) is 7.93. The maximum Gasteiger partial charge on any atom is 0.227 e. The third kappa shape index (κ3) is 4.66. The van der Waals surface area contributed by atoms with Gasteiger partial charge in [-0.2, -0.15) is 0 Å². The summed E-state index contributed by atoms with van der Waals surface area (Å²) in [6, 6.07) is 16.7. The molecule has 5 heteroatoms. The van der Waals surface area contributed by atoms with E-state index in [1.54, 1.807) is 7.11 Å². The number of para-hydroxylation sites is 2. The van der Waals surface area contributed by atoms with E-state index in [0.29, 0.717) is 6.42 Å². The normalized spacial score (nSPS) is 17.3. The van der Waals surface area contributed by atoms with Gasteiger partial charge in [-0.15, -0.1) is 0 Å². The fourth-order valence-electron chi connectivity index (χ4n) is 4.35. The first-order valence-corrected chi connectivity index (χ1v) is 10.7. The second-order valence-corrected chi connectivity index (χ2v) is 7.93. The van der Waals surface area contributed by atoms with Crippen molar-refractivity contribution in [1.82, 2.24) is 4.90 Å². The molecule has 0 bridgehead atoms. The minimum absolute atomic E-state index is 0.218. The number of hydrogen-bond donors (Lipinski definition) is 0. The molecule has 1 amide bonds. The summed E-state index contributed by atoms with van der Waals surface area (Å²) in [6.45, 7) is 5.47. The van der Waals surface area contributed by atoms with Crippen LogP contribution < -0.4 is 14.5 Å². The summed E-state index contributed by atoms with van der Waals surface area (Å²) in [6.07, 6.45) is 4.38. The fraction of sp³-hybridized carbons (Fsp3) is 0.458. The van der Waals surface area contributed by atoms with E-state index in [2.05, 4.69) is 40.1 Å². The lowest BCUT2D eigenvalue weighted by Gasteiger charge is -2.36. The van der Waals surface area contributed by atoms with Crippen LogP contribution in [0.3, 0.4) is 0 Å². The van der Waals surface area contributed by atoms with Gasteiger partial charge in [0.15, 0.2) is 0 Å². The van der Waals surface area contributed by atoms with E-state index in [-0.39, 0.29) is 5.91 Å². The first-order valence-electron chi connectivity index (χ1n) is 10.7. The Balaban J connectivity index is 1.30. The molecular formula is C24H31N3O2. The molecule has 2 aliphatic rings. The minimum Gasteiger partial charge on any atom is -0.495 e. The van der Waals surface area contributed by atoms with Gasteiger partial charge in [0.2, 0.25) is 5.91 Å². The molecule has 0 spiro atoms. The molecule has 2 fully saturated rings. The summed E-state index contributed by atoms with van der Waals surface area (Å²) in [5, 5.41) is 0. The van der Waals surface area contributed by atoms with Crippen molar-refractivity contribution in [2.75, 3.05) is 56.2 Å². The number of methoxy groups -OCH3 is 1. The summed E-state index contributed by atoms with van der Waals surface area (Å²) in [5.41, 5.74) is 3.49. The fourth-order valence-corrected chi connectivity index (χ4v) is 4.35. The third-order valence-electron chi connectivity index (χ3n) is 6.07. The van der Waals surface area contributed by atoms with Gasteiger partial charge in [0.25, 0.3) is 0 Å². The van der Waals surface area contributed by atoms with Crippen molar-refractivity contribution in [2.24, 2.45) is 0 Å². The lowest BCUT2D eigenvalue weighted by molar-refractivity contribution is -0.130. The van der Waals surface area contributed by atoms with E-state index < -0.39 is 0 Å². The average Bonchev–Trinajstić information content (AvgIpc) is 2.80. The lowest BCUT2D eigenvalue weighted by Crippen LogP contribution is -2.49. The molecule has 0 saturated carbocycles. The summed E-state index contributed by atoms with van der Waals surface area (Å²) < 4.78 is 5.48. The molecule has 2 aromatic rings. The average molecular weight is 394 g/mol. The van der Waals surface area contributed by atoms with E-state index in [4.69, 9.17) is 4.74 Å². The maximum atomic E-state index is 12.8. The van der Waals surface area contributed by atoms with Crippen LogP contribution in [-0.4, -0.2) is 57.2 Å². The molecule has 0 N–H and O–H groups in total. The molecule has 2 aromatic carbocycles. The SMILES string of the molecule is COc1ccccc1N1CCN(C(=O)Cc2ccc(N3CCCCC3)cc2)CC1. The molecule has 154 valence electrons. The van der Waals surface area contributed by atoms with E-state index in [0.717, 1.165) is 56.3 Å². The predicted molar refractivity (Wildman–Crippen MR) is 118 cm³/mol. The Kier molecular flexibility index (Phi) is 6.23. The molecule has 2 saturated heterocycles. The molecule has 29 heavy (non-hydrogen) atoms. The standard InChI is InChI=1S/C24H31N3O2/c1-29-23-8-4-3-7-22(23)26-15-17-27(18-16-26)24(28)19-20-9-11-21(12-10-20)25-13-5-2-6-14-25/h3-4,7-12H,2,5-6,13-19H2,1H3. The molecule has 0 atom stereocenters. The molecule has 0 unspecified atom stereocenters. The summed E-state index contributed by atoms with van der Waals surface area (Å²) >= 11 is 0. The second kappa shape index (κ2) is 9.21. The third-order valence-corrected chi connectivity index (χ3v) is 6.07. The van der Waals surface area contributed by atoms with Crippen LogP contribution in [0.4, 0.5) is 11.4 Å². The molecule has 2 aliphatic heterocycles. The first-order chi connectivity index (χ1) is 14.2. The highest BCUT2D eigenvalue weighted by Gasteiger charge is 2.23. The van der Waals surface area contributed by atoms with Gasteiger partial charge in [0, 0.05) is 45.0 Å². The number of anilines is 2. The van der Waals surface area contributed by atoms with Crippen molar-refractivity contribution < 1.29 is 9.53 Å². The van der Waals surface area contributed by atoms with Gasteiger partial charge < -0.3 is 19.4 Å². The van der Waals surface area contributed by atoms with Crippen molar-refractivity contribution in [3.63, 3.8) is 0 Å². The minimum atomic E-state index is 0.218. The highest BCUT2D eigenvalue weighted by atomic mass is 16.5. The van der Waals surface area contributed by atoms with Crippen molar-refractivity contribution in [1.29, 1.82) is 0 Å². The van der Waals surface area contributed by atoms with Crippen LogP contribution >= 0.6 is 0 Å². The Hall–Kier alpha value is -2.69. The number of carbonyl (C=O) groups excluding carboxylic acids is 1. The number of rotatable bonds is 5. The van der Waals surface area contributed by atoms with Crippen molar-refractivity contribution in [3.05, 3.63) is 54.1 Å². The van der Waals surface area contributed by atoms with Gasteiger partial charge in [-0.3, -0.25) is 4.79 Å². The molecular weight excluding hydrogens is 362 g/mol. The van der Waals surface area contributed by atoms with Crippen LogP contribution in [-0.2, 0) is 11.2 Å². The van der Waals surface area contributed by atoms with Crippen LogP contribution in [0.5, 0.6) is 5.75 Å². The molecule has 0 radical (unpaired) electrons. The van der Waals surface area contributed by atoms with Crippen molar-refractivity contribution >= 4 is 17.3 Å². The Morgan fingerprint density at radius 2 is 1.52 bits per heavy atom. The largest absolute Gasteiger partial charge is 0.495 e. The predicted octanol–water partition coefficient (Wildman–Crippen LogP) is 3.58. The number of nitrogens with zero attached hydrogens (tertiary/aromatic N) is 3. The van der Waals surface area contributed by atoms with Gasteiger partial charge in [-0.05, 0) is 49.1 Å². The molecule has 2 heterocycles. The number of amides is 1. The van der Waals surface area contributed by atoms with Crippen LogP contribution in [0.25, 0.3) is 0 Å². The van der Waals surface area contributed by atoms with E-state index >= 15 is 0 Å². The van der Waals surface area contributed by atoms with Crippen LogP contribution in [0.15, 0.2) is 48.5 Å². The topological polar surface area (TPSA) is 36.0 Å². The van der Waals surface area contributed by atoms with Crippen molar-refractivity contribution in [2.45, 2.75) is 25.7 Å². The van der Waals surface area contributed by atoms with E-state index in [9.17, 15) is 4.79 Å². The Labute approximate surface area is 173 Å². The number of hydrogen-bond acceptors (Lipinski definition) is 4. The molecule has 0 aliphatic carbocycles. The van der Waals surface area contributed by atoms with E-state index in [1.165, 1.54) is 24.9 Å². The molecule has 5 nitrogen and oxygen atoms in total. The number of carbonyl (C=O) groups is 1. The Bertz CT molecular complexity index is 807. The van der Waals surface area contributed by atoms with Gasteiger partial charge in [0.05, 0.1) is 19.2 Å². The smallest absolute Gasteiger partial charge is 0.227 e. The summed E-state index contributed by atoms with van der Waals surface area (Å²) in [7, 11) is 1.70. The highest BCUT2D eigenvalue weighted by Crippen LogP contribution is 2.28. The quantitative estimate of drug-likeness (QED) is 0.778. The highest BCUT2D eigenvalue weighted by molar-refractivity contribution is 5.79. The van der Waals surface area contributed by atoms with Gasteiger partial charge in [-0.1, -0.05) is 24.3 Å². The zero-order valence-corrected chi connectivity index (χ0v) is 17.3. The Morgan fingerprint density at radius 3 is 2.21 bits per heavy atom. The van der Waals surface area contributed by atoms with Crippen molar-refractivity contribution in [3.8, 4) is 5.75 Å². The zero-order chi connectivity index (χ0) is 20.1. The monoisotopic (exact) mass is 393 g/mol. The van der Waals surface area contributed by atoms with Gasteiger partial charge in [0.1, 0.15) is 5.75 Å². The zero-order valence-electron chi connectivity index (χ0n) is 17.3. The summed E-state index contributed by atoms with van der Waals surface area (Å²) in [5.74, 6) is 1.11. The lowest BCUT2D eigenvalue weighted by atomic mass is 10.1. The number of piperidine rings is 1. The van der Waals surface area contributed by atoms with Gasteiger partial charge >= 0.3 is 0 Å².